The number of nitrogens with zero attached hydrogens (tertiary/aromatic N) is 2. The number of aryl methyl sites for hydroxylation is 1. The van der Waals surface area contributed by atoms with Gasteiger partial charge < -0.3 is 4.74 Å². The van der Waals surface area contributed by atoms with Crippen LogP contribution in [0.5, 0.6) is 0 Å². The molecule has 0 amide bonds. The minimum absolute atomic E-state index is 0.294. The summed E-state index contributed by atoms with van der Waals surface area (Å²) in [5.41, 5.74) is 5.42. The number of carbonyl (C=O) groups is 1. The molecule has 0 unspecified atom stereocenters. The highest BCUT2D eigenvalue weighted by Crippen LogP contribution is 2.27. The molecule has 154 valence electrons. The number of hydrogen-bond acceptors (Lipinski definition) is 3. The van der Waals surface area contributed by atoms with E-state index in [9.17, 15) is 4.79 Å². The van der Waals surface area contributed by atoms with Crippen molar-refractivity contribution in [2.45, 2.75) is 13.8 Å². The van der Waals surface area contributed by atoms with Crippen LogP contribution in [0, 0.1) is 6.92 Å². The Morgan fingerprint density at radius 2 is 1.68 bits per heavy atom. The summed E-state index contributed by atoms with van der Waals surface area (Å²) in [6.07, 6.45) is 1.72. The molecule has 2 aromatic carbocycles. The molecular weight excluding hydrogens is 452 g/mol. The molecule has 0 fully saturated rings. The van der Waals surface area contributed by atoms with Crippen LogP contribution in [0.25, 0.3) is 28.2 Å². The van der Waals surface area contributed by atoms with E-state index in [-0.39, 0.29) is 0 Å². The van der Waals surface area contributed by atoms with E-state index in [1.807, 2.05) is 60.0 Å². The van der Waals surface area contributed by atoms with Crippen LogP contribution in [0.2, 0.25) is 0 Å². The first-order valence-electron chi connectivity index (χ1n) is 10.1. The van der Waals surface area contributed by atoms with Crippen LogP contribution < -0.4 is 4.57 Å². The number of halogens is 1. The molecule has 0 saturated heterocycles. The van der Waals surface area contributed by atoms with Crippen LogP contribution in [0.15, 0.2) is 89.5 Å². The first-order chi connectivity index (χ1) is 15.1. The van der Waals surface area contributed by atoms with E-state index in [1.165, 1.54) is 5.56 Å². The predicted octanol–water partition coefficient (Wildman–Crippen LogP) is 5.94. The lowest BCUT2D eigenvalue weighted by atomic mass is 10.0. The number of hydrogen-bond donors (Lipinski definition) is 0. The Kier molecular flexibility index (Phi) is 6.23. The van der Waals surface area contributed by atoms with Crippen LogP contribution in [0.1, 0.15) is 23.0 Å². The molecule has 5 heteroatoms. The number of ether oxygens (including phenoxy) is 1. The van der Waals surface area contributed by atoms with E-state index in [0.717, 1.165) is 26.9 Å². The number of rotatable bonds is 5. The summed E-state index contributed by atoms with van der Waals surface area (Å²) in [7, 11) is 0. The largest absolute Gasteiger partial charge is 0.460 e. The van der Waals surface area contributed by atoms with Crippen LogP contribution >= 0.6 is 15.9 Å². The van der Waals surface area contributed by atoms with E-state index < -0.39 is 5.97 Å². The summed E-state index contributed by atoms with van der Waals surface area (Å²) in [4.78, 5) is 17.6. The molecule has 2 heterocycles. The van der Waals surface area contributed by atoms with Crippen LogP contribution in [0.3, 0.4) is 0 Å². The molecule has 0 spiro atoms. The second-order valence-electron chi connectivity index (χ2n) is 7.14. The summed E-state index contributed by atoms with van der Waals surface area (Å²) < 4.78 is 8.14. The SMILES string of the molecule is CCOC(=O)c1cc(-c2ccc(C)cc2)cc(-c2ccccc2)[n+]1-c1ccc(Br)cn1. The molecule has 0 aliphatic carbocycles. The minimum Gasteiger partial charge on any atom is -0.460 e. The fourth-order valence-corrected chi connectivity index (χ4v) is 3.67. The highest BCUT2D eigenvalue weighted by atomic mass is 79.9. The van der Waals surface area contributed by atoms with Gasteiger partial charge in [0.05, 0.1) is 11.1 Å². The normalized spacial score (nSPS) is 10.7. The number of aromatic nitrogens is 2. The van der Waals surface area contributed by atoms with Crippen LogP contribution in [-0.2, 0) is 4.74 Å². The number of pyridine rings is 2. The van der Waals surface area contributed by atoms with E-state index in [4.69, 9.17) is 4.74 Å². The Morgan fingerprint density at radius 1 is 0.935 bits per heavy atom. The highest BCUT2D eigenvalue weighted by molar-refractivity contribution is 9.10. The lowest BCUT2D eigenvalue weighted by Crippen LogP contribution is -2.42. The Labute approximate surface area is 190 Å². The Bertz CT molecular complexity index is 1200. The zero-order chi connectivity index (χ0) is 21.8. The van der Waals surface area contributed by atoms with Crippen LogP contribution in [-0.4, -0.2) is 17.6 Å². The Morgan fingerprint density at radius 3 is 2.32 bits per heavy atom. The third kappa shape index (κ3) is 4.57. The smallest absolute Gasteiger partial charge is 0.378 e. The highest BCUT2D eigenvalue weighted by Gasteiger charge is 2.26. The van der Waals surface area contributed by atoms with Gasteiger partial charge in [0.25, 0.3) is 0 Å². The van der Waals surface area contributed by atoms with E-state index in [0.29, 0.717) is 18.1 Å². The predicted molar refractivity (Wildman–Crippen MR) is 125 cm³/mol. The number of carbonyl (C=O) groups excluding carboxylic acids is 1. The summed E-state index contributed by atoms with van der Waals surface area (Å²) in [6.45, 7) is 4.16. The maximum Gasteiger partial charge on any atom is 0.378 e. The first-order valence-corrected chi connectivity index (χ1v) is 10.9. The molecule has 0 saturated carbocycles. The first kappa shape index (κ1) is 20.9. The molecular formula is C26H22BrN2O2+. The van der Waals surface area contributed by atoms with E-state index in [1.54, 1.807) is 6.20 Å². The van der Waals surface area contributed by atoms with E-state index in [2.05, 4.69) is 58.2 Å². The number of benzene rings is 2. The van der Waals surface area contributed by atoms with Crippen molar-refractivity contribution in [1.29, 1.82) is 0 Å². The van der Waals surface area contributed by atoms with Gasteiger partial charge in [0.2, 0.25) is 5.69 Å². The monoisotopic (exact) mass is 473 g/mol. The van der Waals surface area contributed by atoms with Crippen molar-refractivity contribution in [1.82, 2.24) is 4.98 Å². The maximum absolute atomic E-state index is 13.0. The van der Waals surface area contributed by atoms with Gasteiger partial charge in [-0.25, -0.2) is 4.79 Å². The second kappa shape index (κ2) is 9.23. The molecule has 0 aliphatic rings. The topological polar surface area (TPSA) is 43.1 Å². The lowest BCUT2D eigenvalue weighted by Gasteiger charge is -2.14. The molecule has 0 radical (unpaired) electrons. The summed E-state index contributed by atoms with van der Waals surface area (Å²) in [5, 5.41) is 0. The van der Waals surface area contributed by atoms with E-state index >= 15 is 0 Å². The molecule has 4 aromatic rings. The Balaban J connectivity index is 2.04. The molecule has 4 rings (SSSR count). The van der Waals surface area contributed by atoms with Gasteiger partial charge in [-0.05, 0) is 58.0 Å². The quantitative estimate of drug-likeness (QED) is 0.266. The molecule has 2 aromatic heterocycles. The van der Waals surface area contributed by atoms with Crippen molar-refractivity contribution < 1.29 is 14.1 Å². The lowest BCUT2D eigenvalue weighted by molar-refractivity contribution is -0.591. The standard InChI is InChI=1S/C26H22BrN2O2/c1-3-31-26(30)24-16-21(19-11-9-18(2)10-12-19)15-23(20-7-5-4-6-8-20)29(24)25-14-13-22(27)17-28-25/h4-17H,3H2,1-2H3/q+1. The average molecular weight is 474 g/mol. The third-order valence-corrected chi connectivity index (χ3v) is 5.42. The van der Waals surface area contributed by atoms with Crippen molar-refractivity contribution >= 4 is 21.9 Å². The number of esters is 1. The average Bonchev–Trinajstić information content (AvgIpc) is 2.80. The maximum atomic E-state index is 13.0. The molecule has 4 nitrogen and oxygen atoms in total. The molecule has 0 atom stereocenters. The van der Waals surface area contributed by atoms with Crippen molar-refractivity contribution in [2.75, 3.05) is 6.61 Å². The van der Waals surface area contributed by atoms with Gasteiger partial charge in [0, 0.05) is 17.7 Å². The van der Waals surface area contributed by atoms with Gasteiger partial charge in [-0.1, -0.05) is 60.2 Å². The zero-order valence-electron chi connectivity index (χ0n) is 17.4. The van der Waals surface area contributed by atoms with Crippen molar-refractivity contribution in [2.24, 2.45) is 0 Å². The molecule has 0 bridgehead atoms. The van der Waals surface area contributed by atoms with Gasteiger partial charge in [-0.15, -0.1) is 0 Å². The van der Waals surface area contributed by atoms with Crippen molar-refractivity contribution in [3.8, 4) is 28.2 Å². The van der Waals surface area contributed by atoms with Crippen LogP contribution in [0.4, 0.5) is 0 Å². The van der Waals surface area contributed by atoms with Crippen molar-refractivity contribution in [3.63, 3.8) is 0 Å². The van der Waals surface area contributed by atoms with Crippen molar-refractivity contribution in [3.05, 3.63) is 101 Å². The van der Waals surface area contributed by atoms with Gasteiger partial charge in [0.1, 0.15) is 5.69 Å². The van der Waals surface area contributed by atoms with Gasteiger partial charge in [-0.3, -0.25) is 0 Å². The minimum atomic E-state index is -0.390. The molecule has 31 heavy (non-hydrogen) atoms. The summed E-state index contributed by atoms with van der Waals surface area (Å²) in [6, 6.07) is 26.0. The summed E-state index contributed by atoms with van der Waals surface area (Å²) in [5.74, 6) is 0.249. The fourth-order valence-electron chi connectivity index (χ4n) is 3.43. The zero-order valence-corrected chi connectivity index (χ0v) is 19.0. The fraction of sp³-hybridized carbons (Fsp3) is 0.115. The van der Waals surface area contributed by atoms with Gasteiger partial charge in [0.15, 0.2) is 6.20 Å². The second-order valence-corrected chi connectivity index (χ2v) is 8.05. The van der Waals surface area contributed by atoms with Gasteiger partial charge >= 0.3 is 11.8 Å². The molecule has 0 N–H and O–H groups in total. The Hall–Kier alpha value is -3.31. The molecule has 0 aliphatic heterocycles. The summed E-state index contributed by atoms with van der Waals surface area (Å²) >= 11 is 3.44. The third-order valence-electron chi connectivity index (χ3n) is 4.95. The van der Waals surface area contributed by atoms with Gasteiger partial charge in [-0.2, -0.15) is 4.57 Å².